The van der Waals surface area contributed by atoms with Crippen LogP contribution in [-0.4, -0.2) is 30.1 Å². The smallest absolute Gasteiger partial charge is 0.390 e. The lowest BCUT2D eigenvalue weighted by molar-refractivity contribution is -0.224. The molecule has 1 fully saturated rings. The first-order valence-corrected chi connectivity index (χ1v) is 2.88. The van der Waals surface area contributed by atoms with Gasteiger partial charge in [-0.25, -0.2) is 0 Å². The highest BCUT2D eigenvalue weighted by Gasteiger charge is 2.47. The van der Waals surface area contributed by atoms with Gasteiger partial charge >= 0.3 is 6.18 Å². The van der Waals surface area contributed by atoms with Crippen molar-refractivity contribution in [2.24, 2.45) is 0 Å². The summed E-state index contributed by atoms with van der Waals surface area (Å²) in [5.41, 5.74) is 0. The number of aliphatic hydroxyl groups excluding tert-OH is 1. The lowest BCUT2D eigenvalue weighted by Gasteiger charge is -2.16. The fourth-order valence-corrected chi connectivity index (χ4v) is 0.891. The minimum atomic E-state index is -4.42. The molecule has 1 saturated heterocycles. The summed E-state index contributed by atoms with van der Waals surface area (Å²) >= 11 is 0. The van der Waals surface area contributed by atoms with Crippen molar-refractivity contribution in [3.63, 3.8) is 0 Å². The molecule has 2 nitrogen and oxygen atoms in total. The summed E-state index contributed by atoms with van der Waals surface area (Å²) in [4.78, 5) is 0. The lowest BCUT2D eigenvalue weighted by Crippen LogP contribution is -2.36. The molecular weight excluding hydrogens is 149 g/mol. The molecule has 0 spiro atoms. The van der Waals surface area contributed by atoms with Crippen LogP contribution in [0, 0.1) is 0 Å². The SMILES string of the molecule is OC1CCOC1C(F)(F)F. The Morgan fingerprint density at radius 1 is 1.40 bits per heavy atom. The fourth-order valence-electron chi connectivity index (χ4n) is 0.891. The van der Waals surface area contributed by atoms with Gasteiger partial charge in [0.15, 0.2) is 6.10 Å². The number of halogens is 3. The van der Waals surface area contributed by atoms with Crippen molar-refractivity contribution in [3.8, 4) is 0 Å². The molecule has 0 aromatic rings. The van der Waals surface area contributed by atoms with Gasteiger partial charge in [0, 0.05) is 0 Å². The van der Waals surface area contributed by atoms with E-state index in [0.29, 0.717) is 0 Å². The maximum atomic E-state index is 11.7. The van der Waals surface area contributed by atoms with Crippen molar-refractivity contribution in [2.45, 2.75) is 24.8 Å². The molecule has 1 N–H and O–H groups in total. The summed E-state index contributed by atoms with van der Waals surface area (Å²) in [7, 11) is 0. The number of rotatable bonds is 0. The van der Waals surface area contributed by atoms with E-state index < -0.39 is 18.4 Å². The van der Waals surface area contributed by atoms with Crippen LogP contribution < -0.4 is 0 Å². The molecule has 0 aromatic carbocycles. The second kappa shape index (κ2) is 2.39. The monoisotopic (exact) mass is 156 g/mol. The van der Waals surface area contributed by atoms with Gasteiger partial charge < -0.3 is 9.84 Å². The number of hydrogen-bond donors (Lipinski definition) is 1. The van der Waals surface area contributed by atoms with Crippen LogP contribution in [0.1, 0.15) is 6.42 Å². The molecule has 1 heterocycles. The van der Waals surface area contributed by atoms with E-state index in [0.717, 1.165) is 0 Å². The molecule has 5 heteroatoms. The molecule has 60 valence electrons. The van der Waals surface area contributed by atoms with Gasteiger partial charge in [-0.15, -0.1) is 0 Å². The first kappa shape index (κ1) is 7.81. The van der Waals surface area contributed by atoms with E-state index in [1.54, 1.807) is 0 Å². The summed E-state index contributed by atoms with van der Waals surface area (Å²) in [5, 5.41) is 8.68. The maximum Gasteiger partial charge on any atom is 0.417 e. The highest BCUT2D eigenvalue weighted by atomic mass is 19.4. The van der Waals surface area contributed by atoms with Crippen molar-refractivity contribution in [3.05, 3.63) is 0 Å². The summed E-state index contributed by atoms with van der Waals surface area (Å²) in [6.07, 6.45) is -7.69. The third-order valence-corrected chi connectivity index (χ3v) is 1.38. The standard InChI is InChI=1S/C5H7F3O2/c6-5(7,8)4-3(9)1-2-10-4/h3-4,9H,1-2H2. The first-order valence-electron chi connectivity index (χ1n) is 2.88. The zero-order valence-electron chi connectivity index (χ0n) is 5.06. The van der Waals surface area contributed by atoms with E-state index in [9.17, 15) is 13.2 Å². The van der Waals surface area contributed by atoms with E-state index in [1.165, 1.54) is 0 Å². The highest BCUT2D eigenvalue weighted by Crippen LogP contribution is 2.30. The molecule has 0 aliphatic carbocycles. The fraction of sp³-hybridized carbons (Fsp3) is 1.00. The minimum Gasteiger partial charge on any atom is -0.390 e. The molecule has 10 heavy (non-hydrogen) atoms. The second-order valence-corrected chi connectivity index (χ2v) is 2.19. The Labute approximate surface area is 55.6 Å². The Morgan fingerprint density at radius 2 is 2.00 bits per heavy atom. The normalized spacial score (nSPS) is 34.8. The van der Waals surface area contributed by atoms with Gasteiger partial charge in [0.1, 0.15) is 0 Å². The first-order chi connectivity index (χ1) is 4.52. The van der Waals surface area contributed by atoms with Crippen LogP contribution in [0.25, 0.3) is 0 Å². The highest BCUT2D eigenvalue weighted by molar-refractivity contribution is 4.81. The molecule has 0 bridgehead atoms. The molecular formula is C5H7F3O2. The Bertz CT molecular complexity index is 123. The van der Waals surface area contributed by atoms with E-state index in [1.807, 2.05) is 0 Å². The van der Waals surface area contributed by atoms with Gasteiger partial charge in [-0.05, 0) is 6.42 Å². The quantitative estimate of drug-likeness (QED) is 0.559. The molecule has 0 amide bonds. The van der Waals surface area contributed by atoms with E-state index in [-0.39, 0.29) is 13.0 Å². The maximum absolute atomic E-state index is 11.7. The minimum absolute atomic E-state index is 0.00859. The van der Waals surface area contributed by atoms with Gasteiger partial charge in [-0.2, -0.15) is 13.2 Å². The molecule has 1 aliphatic rings. The molecule has 0 saturated carbocycles. The second-order valence-electron chi connectivity index (χ2n) is 2.19. The van der Waals surface area contributed by atoms with Crippen LogP contribution in [-0.2, 0) is 4.74 Å². The molecule has 0 radical (unpaired) electrons. The topological polar surface area (TPSA) is 29.5 Å². The van der Waals surface area contributed by atoms with Crippen molar-refractivity contribution < 1.29 is 23.0 Å². The van der Waals surface area contributed by atoms with Crippen molar-refractivity contribution >= 4 is 0 Å². The van der Waals surface area contributed by atoms with Crippen LogP contribution in [0.15, 0.2) is 0 Å². The predicted molar refractivity (Wildman–Crippen MR) is 26.4 cm³/mol. The van der Waals surface area contributed by atoms with Crippen molar-refractivity contribution in [1.82, 2.24) is 0 Å². The van der Waals surface area contributed by atoms with E-state index in [4.69, 9.17) is 5.11 Å². The lowest BCUT2D eigenvalue weighted by atomic mass is 10.2. The molecule has 2 unspecified atom stereocenters. The third kappa shape index (κ3) is 1.41. The Balaban J connectivity index is 2.55. The molecule has 2 atom stereocenters. The molecule has 0 aromatic heterocycles. The van der Waals surface area contributed by atoms with Gasteiger partial charge in [0.25, 0.3) is 0 Å². The van der Waals surface area contributed by atoms with E-state index in [2.05, 4.69) is 4.74 Å². The zero-order valence-corrected chi connectivity index (χ0v) is 5.06. The Hall–Kier alpha value is -0.290. The van der Waals surface area contributed by atoms with Gasteiger partial charge in [0.05, 0.1) is 12.7 Å². The van der Waals surface area contributed by atoms with Gasteiger partial charge in [-0.3, -0.25) is 0 Å². The van der Waals surface area contributed by atoms with Crippen LogP contribution in [0.3, 0.4) is 0 Å². The molecule has 1 aliphatic heterocycles. The Kier molecular flexibility index (Phi) is 1.87. The van der Waals surface area contributed by atoms with Crippen LogP contribution >= 0.6 is 0 Å². The Morgan fingerprint density at radius 3 is 2.20 bits per heavy atom. The van der Waals surface area contributed by atoms with Gasteiger partial charge in [0.2, 0.25) is 0 Å². The zero-order chi connectivity index (χ0) is 7.78. The van der Waals surface area contributed by atoms with Crippen molar-refractivity contribution in [1.29, 1.82) is 0 Å². The number of alkyl halides is 3. The summed E-state index contributed by atoms with van der Waals surface area (Å²) in [6.45, 7) is -0.00859. The third-order valence-electron chi connectivity index (χ3n) is 1.38. The average molecular weight is 156 g/mol. The largest absolute Gasteiger partial charge is 0.417 e. The number of aliphatic hydroxyl groups is 1. The average Bonchev–Trinajstić information content (AvgIpc) is 2.11. The predicted octanol–water partition coefficient (Wildman–Crippen LogP) is 0.699. The van der Waals surface area contributed by atoms with Crippen LogP contribution in [0.5, 0.6) is 0 Å². The number of hydrogen-bond acceptors (Lipinski definition) is 2. The van der Waals surface area contributed by atoms with Crippen LogP contribution in [0.4, 0.5) is 13.2 Å². The molecule has 1 rings (SSSR count). The van der Waals surface area contributed by atoms with Crippen molar-refractivity contribution in [2.75, 3.05) is 6.61 Å². The van der Waals surface area contributed by atoms with E-state index >= 15 is 0 Å². The summed E-state index contributed by atoms with van der Waals surface area (Å²) < 4.78 is 39.4. The summed E-state index contributed by atoms with van der Waals surface area (Å²) in [6, 6.07) is 0. The number of ether oxygens (including phenoxy) is 1. The van der Waals surface area contributed by atoms with Gasteiger partial charge in [-0.1, -0.05) is 0 Å². The summed E-state index contributed by atoms with van der Waals surface area (Å²) in [5.74, 6) is 0. The van der Waals surface area contributed by atoms with Crippen LogP contribution in [0.2, 0.25) is 0 Å².